The summed E-state index contributed by atoms with van der Waals surface area (Å²) >= 11 is 3.38. The van der Waals surface area contributed by atoms with Gasteiger partial charge in [-0.3, -0.25) is 0 Å². The lowest BCUT2D eigenvalue weighted by molar-refractivity contribution is -0.138. The molecule has 32 heavy (non-hydrogen) atoms. The van der Waals surface area contributed by atoms with E-state index >= 15 is 0 Å². The smallest absolute Gasteiger partial charge is 0.348 e. The van der Waals surface area contributed by atoms with Crippen LogP contribution in [-0.2, 0) is 14.3 Å². The van der Waals surface area contributed by atoms with Crippen LogP contribution in [-0.4, -0.2) is 32.3 Å². The highest BCUT2D eigenvalue weighted by Crippen LogP contribution is 2.30. The van der Waals surface area contributed by atoms with Crippen molar-refractivity contribution in [2.45, 2.75) is 13.8 Å². The molecule has 0 radical (unpaired) electrons. The van der Waals surface area contributed by atoms with Crippen LogP contribution in [0.15, 0.2) is 52.5 Å². The number of esters is 2. The second-order valence-electron chi connectivity index (χ2n) is 6.17. The molecule has 0 aliphatic heterocycles. The summed E-state index contributed by atoms with van der Waals surface area (Å²) in [6, 6.07) is 11.9. The number of methoxy groups -OCH3 is 1. The maximum atomic E-state index is 12.4. The number of hydrogen-bond acceptors (Lipinski definition) is 7. The number of nitriles is 1. The van der Waals surface area contributed by atoms with Crippen molar-refractivity contribution in [2.24, 2.45) is 0 Å². The molecule has 0 aromatic heterocycles. The van der Waals surface area contributed by atoms with E-state index in [0.29, 0.717) is 29.2 Å². The molecular formula is C24H22BrNO6. The summed E-state index contributed by atoms with van der Waals surface area (Å²) in [4.78, 5) is 24.2. The first-order valence-corrected chi connectivity index (χ1v) is 10.5. The summed E-state index contributed by atoms with van der Waals surface area (Å²) in [5.74, 6) is -0.214. The van der Waals surface area contributed by atoms with Crippen molar-refractivity contribution in [3.63, 3.8) is 0 Å². The Kier molecular flexibility index (Phi) is 9.51. The Balaban J connectivity index is 2.24. The molecule has 0 atom stereocenters. The Labute approximate surface area is 195 Å². The summed E-state index contributed by atoms with van der Waals surface area (Å²) in [6.07, 6.45) is 4.25. The third-order valence-corrected chi connectivity index (χ3v) is 4.49. The number of hydrogen-bond donors (Lipinski definition) is 0. The summed E-state index contributed by atoms with van der Waals surface area (Å²) in [5.41, 5.74) is 1.07. The second-order valence-corrected chi connectivity index (χ2v) is 7.09. The van der Waals surface area contributed by atoms with Gasteiger partial charge < -0.3 is 18.9 Å². The molecule has 0 aliphatic rings. The minimum absolute atomic E-state index is 0.148. The van der Waals surface area contributed by atoms with Crippen LogP contribution in [0.3, 0.4) is 0 Å². The van der Waals surface area contributed by atoms with Crippen molar-refractivity contribution in [3.8, 4) is 23.3 Å². The number of benzene rings is 2. The largest absolute Gasteiger partial charge is 0.496 e. The van der Waals surface area contributed by atoms with Gasteiger partial charge in [-0.1, -0.05) is 22.0 Å². The quantitative estimate of drug-likeness (QED) is 0.208. The van der Waals surface area contributed by atoms with Gasteiger partial charge in [0, 0.05) is 16.1 Å². The Bertz CT molecular complexity index is 1080. The highest BCUT2D eigenvalue weighted by Gasteiger charge is 2.13. The van der Waals surface area contributed by atoms with Crippen molar-refractivity contribution in [3.05, 3.63) is 63.6 Å². The minimum atomic E-state index is -0.712. The van der Waals surface area contributed by atoms with E-state index in [2.05, 4.69) is 15.9 Å². The van der Waals surface area contributed by atoms with E-state index in [9.17, 15) is 14.9 Å². The molecule has 0 fully saturated rings. The zero-order valence-electron chi connectivity index (χ0n) is 17.9. The van der Waals surface area contributed by atoms with Gasteiger partial charge >= 0.3 is 11.9 Å². The molecule has 7 nitrogen and oxygen atoms in total. The molecule has 0 aliphatic carbocycles. The van der Waals surface area contributed by atoms with Gasteiger partial charge in [0.1, 0.15) is 17.4 Å². The van der Waals surface area contributed by atoms with Crippen LogP contribution >= 0.6 is 15.9 Å². The first-order valence-electron chi connectivity index (χ1n) is 9.71. The Hall–Kier alpha value is -3.57. The van der Waals surface area contributed by atoms with E-state index in [1.165, 1.54) is 18.2 Å². The molecule has 0 saturated carbocycles. The van der Waals surface area contributed by atoms with E-state index in [1.807, 2.05) is 18.2 Å². The maximum absolute atomic E-state index is 12.4. The van der Waals surface area contributed by atoms with Crippen LogP contribution in [0, 0.1) is 11.3 Å². The Morgan fingerprint density at radius 2 is 1.81 bits per heavy atom. The van der Waals surface area contributed by atoms with Gasteiger partial charge in [-0.15, -0.1) is 0 Å². The minimum Gasteiger partial charge on any atom is -0.496 e. The first kappa shape index (κ1) is 24.7. The van der Waals surface area contributed by atoms with E-state index in [4.69, 9.17) is 18.9 Å². The number of ether oxygens (including phenoxy) is 4. The number of carbonyl (C=O) groups is 2. The zero-order valence-corrected chi connectivity index (χ0v) is 19.5. The van der Waals surface area contributed by atoms with Crippen molar-refractivity contribution in [2.75, 3.05) is 20.3 Å². The number of halogens is 1. The molecule has 2 aromatic rings. The van der Waals surface area contributed by atoms with Gasteiger partial charge in [0.25, 0.3) is 0 Å². The zero-order chi connectivity index (χ0) is 23.5. The summed E-state index contributed by atoms with van der Waals surface area (Å²) in [6.45, 7) is 3.93. The third-order valence-electron chi connectivity index (χ3n) is 4.00. The van der Waals surface area contributed by atoms with Gasteiger partial charge in [-0.05, 0) is 61.9 Å². The van der Waals surface area contributed by atoms with Crippen molar-refractivity contribution >= 4 is 40.0 Å². The molecular weight excluding hydrogens is 478 g/mol. The fraction of sp³-hybridized carbons (Fsp3) is 0.208. The average molecular weight is 500 g/mol. The predicted molar refractivity (Wildman–Crippen MR) is 123 cm³/mol. The average Bonchev–Trinajstić information content (AvgIpc) is 2.78. The molecule has 0 saturated heterocycles. The molecule has 166 valence electrons. The summed E-state index contributed by atoms with van der Waals surface area (Å²) in [5, 5.41) is 9.20. The molecule has 2 aromatic carbocycles. The van der Waals surface area contributed by atoms with Crippen LogP contribution in [0.1, 0.15) is 25.0 Å². The fourth-order valence-electron chi connectivity index (χ4n) is 2.62. The van der Waals surface area contributed by atoms with Gasteiger partial charge in [0.15, 0.2) is 11.5 Å². The van der Waals surface area contributed by atoms with Gasteiger partial charge in [-0.2, -0.15) is 5.26 Å². The SMILES string of the molecule is CCOC(=O)/C(C#N)=C/c1ccc(OC(=O)/C=C/c2cc(Br)ccc2OC)c(OCC)c1. The molecule has 0 N–H and O–H groups in total. The highest BCUT2D eigenvalue weighted by molar-refractivity contribution is 9.10. The predicted octanol–water partition coefficient (Wildman–Crippen LogP) is 4.95. The summed E-state index contributed by atoms with van der Waals surface area (Å²) < 4.78 is 22.0. The normalized spacial score (nSPS) is 11.0. The van der Waals surface area contributed by atoms with Crippen molar-refractivity contribution in [1.29, 1.82) is 5.26 Å². The van der Waals surface area contributed by atoms with E-state index in [-0.39, 0.29) is 17.9 Å². The molecule has 0 bridgehead atoms. The van der Waals surface area contributed by atoms with Gasteiger partial charge in [0.2, 0.25) is 0 Å². The molecule has 0 spiro atoms. The molecule has 0 unspecified atom stereocenters. The number of carbonyl (C=O) groups excluding carboxylic acids is 2. The monoisotopic (exact) mass is 499 g/mol. The van der Waals surface area contributed by atoms with Gasteiger partial charge in [-0.25, -0.2) is 9.59 Å². The Morgan fingerprint density at radius 3 is 2.47 bits per heavy atom. The molecule has 2 rings (SSSR count). The van der Waals surface area contributed by atoms with Crippen LogP contribution in [0.4, 0.5) is 0 Å². The van der Waals surface area contributed by atoms with E-state index in [1.54, 1.807) is 45.2 Å². The van der Waals surface area contributed by atoms with Crippen LogP contribution in [0.25, 0.3) is 12.2 Å². The van der Waals surface area contributed by atoms with Gasteiger partial charge in [0.05, 0.1) is 20.3 Å². The van der Waals surface area contributed by atoms with E-state index in [0.717, 1.165) is 4.47 Å². The maximum Gasteiger partial charge on any atom is 0.348 e. The standard InChI is InChI=1S/C24H22BrNO6/c1-4-30-22-13-16(12-18(15-26)24(28)31-5-2)6-9-21(22)32-23(27)11-7-17-14-19(25)8-10-20(17)29-3/h6-14H,4-5H2,1-3H3/b11-7+,18-12+. The molecule has 0 amide bonds. The third kappa shape index (κ3) is 7.00. The van der Waals surface area contributed by atoms with Crippen LogP contribution < -0.4 is 14.2 Å². The molecule has 0 heterocycles. The lowest BCUT2D eigenvalue weighted by Gasteiger charge is -2.11. The fourth-order valence-corrected chi connectivity index (χ4v) is 2.99. The second kappa shape index (κ2) is 12.3. The first-order chi connectivity index (χ1) is 15.4. The number of rotatable bonds is 9. The Morgan fingerprint density at radius 1 is 1.06 bits per heavy atom. The number of nitrogens with zero attached hydrogens (tertiary/aromatic N) is 1. The van der Waals surface area contributed by atoms with Crippen LogP contribution in [0.5, 0.6) is 17.2 Å². The highest BCUT2D eigenvalue weighted by atomic mass is 79.9. The van der Waals surface area contributed by atoms with Crippen LogP contribution in [0.2, 0.25) is 0 Å². The lowest BCUT2D eigenvalue weighted by atomic mass is 10.1. The van der Waals surface area contributed by atoms with Crippen molar-refractivity contribution < 1.29 is 28.5 Å². The van der Waals surface area contributed by atoms with Crippen molar-refractivity contribution in [1.82, 2.24) is 0 Å². The summed E-state index contributed by atoms with van der Waals surface area (Å²) in [7, 11) is 1.54. The topological polar surface area (TPSA) is 94.9 Å². The van der Waals surface area contributed by atoms with E-state index < -0.39 is 11.9 Å². The molecule has 8 heteroatoms. The lowest BCUT2D eigenvalue weighted by Crippen LogP contribution is -2.07.